The number of rotatable bonds is 9. The molecule has 0 N–H and O–H groups in total. The highest BCUT2D eigenvalue weighted by Gasteiger charge is 2.52. The Kier molecular flexibility index (Phi) is 9.56. The maximum Gasteiger partial charge on any atom is 0.303 e. The third kappa shape index (κ3) is 7.80. The van der Waals surface area contributed by atoms with E-state index < -0.39 is 64.2 Å². The second-order valence-corrected chi connectivity index (χ2v) is 9.77. The first kappa shape index (κ1) is 27.3. The summed E-state index contributed by atoms with van der Waals surface area (Å²) in [4.78, 5) is 46.9. The van der Waals surface area contributed by atoms with Crippen molar-refractivity contribution in [1.29, 1.82) is 0 Å². The van der Waals surface area contributed by atoms with Crippen molar-refractivity contribution in [2.45, 2.75) is 69.5 Å². The molecule has 0 aliphatic carbocycles. The SMILES string of the molecule is CC(=O)OC[C@H]1O[C@H](CCS(=O)(=O)c2ccccc2)[C@H](OC(C)=O)[C@@H](OC(C)=O)[C@H]1OC(C)=O. The van der Waals surface area contributed by atoms with Crippen LogP contribution in [0.3, 0.4) is 0 Å². The first-order valence-electron chi connectivity index (χ1n) is 10.5. The number of carbonyl (C=O) groups is 4. The predicted molar refractivity (Wildman–Crippen MR) is 115 cm³/mol. The van der Waals surface area contributed by atoms with Crippen molar-refractivity contribution >= 4 is 33.7 Å². The van der Waals surface area contributed by atoms with E-state index >= 15 is 0 Å². The summed E-state index contributed by atoms with van der Waals surface area (Å²) in [6.45, 7) is 4.14. The number of hydrogen-bond donors (Lipinski definition) is 0. The van der Waals surface area contributed by atoms with E-state index in [0.717, 1.165) is 20.8 Å². The average molecular weight is 501 g/mol. The van der Waals surface area contributed by atoms with E-state index in [-0.39, 0.29) is 23.7 Å². The molecule has 1 saturated heterocycles. The number of carbonyl (C=O) groups excluding carboxylic acids is 4. The minimum Gasteiger partial charge on any atom is -0.463 e. The van der Waals surface area contributed by atoms with E-state index in [1.807, 2.05) is 0 Å². The lowest BCUT2D eigenvalue weighted by atomic mass is 9.93. The Bertz CT molecular complexity index is 989. The van der Waals surface area contributed by atoms with Crippen molar-refractivity contribution in [2.24, 2.45) is 0 Å². The Balaban J connectivity index is 2.40. The van der Waals surface area contributed by atoms with Crippen LogP contribution in [0.1, 0.15) is 34.1 Å². The lowest BCUT2D eigenvalue weighted by Crippen LogP contribution is -2.62. The maximum absolute atomic E-state index is 12.8. The molecule has 0 unspecified atom stereocenters. The molecule has 12 heteroatoms. The maximum atomic E-state index is 12.8. The van der Waals surface area contributed by atoms with Crippen LogP contribution in [0.4, 0.5) is 0 Å². The highest BCUT2D eigenvalue weighted by molar-refractivity contribution is 7.91. The monoisotopic (exact) mass is 500 g/mol. The summed E-state index contributed by atoms with van der Waals surface area (Å²) >= 11 is 0. The van der Waals surface area contributed by atoms with Crippen molar-refractivity contribution in [1.82, 2.24) is 0 Å². The Morgan fingerprint density at radius 1 is 0.765 bits per heavy atom. The zero-order valence-corrected chi connectivity index (χ0v) is 20.1. The number of sulfone groups is 1. The molecule has 1 heterocycles. The molecule has 1 aliphatic rings. The van der Waals surface area contributed by atoms with Crippen molar-refractivity contribution < 1.29 is 51.3 Å². The quantitative estimate of drug-likeness (QED) is 0.353. The van der Waals surface area contributed by atoms with Crippen LogP contribution in [0.25, 0.3) is 0 Å². The third-order valence-electron chi connectivity index (χ3n) is 4.86. The highest BCUT2D eigenvalue weighted by Crippen LogP contribution is 2.31. The average Bonchev–Trinajstić information content (AvgIpc) is 2.74. The zero-order chi connectivity index (χ0) is 25.5. The summed E-state index contributed by atoms with van der Waals surface area (Å²) in [5.41, 5.74) is 0. The van der Waals surface area contributed by atoms with Crippen LogP contribution < -0.4 is 0 Å². The summed E-state index contributed by atoms with van der Waals surface area (Å²) in [7, 11) is -3.73. The molecule has 0 radical (unpaired) electrons. The fourth-order valence-corrected chi connectivity index (χ4v) is 4.92. The van der Waals surface area contributed by atoms with Gasteiger partial charge in [-0.05, 0) is 18.6 Å². The molecule has 1 fully saturated rings. The smallest absolute Gasteiger partial charge is 0.303 e. The van der Waals surface area contributed by atoms with Gasteiger partial charge in [0.05, 0.1) is 10.6 Å². The summed E-state index contributed by atoms with van der Waals surface area (Å²) < 4.78 is 52.4. The molecule has 1 aliphatic heterocycles. The third-order valence-corrected chi connectivity index (χ3v) is 6.62. The Morgan fingerprint density at radius 3 is 1.76 bits per heavy atom. The number of benzene rings is 1. The summed E-state index contributed by atoms with van der Waals surface area (Å²) in [6, 6.07) is 7.74. The molecule has 188 valence electrons. The molecular formula is C22H28O11S. The van der Waals surface area contributed by atoms with Crippen molar-refractivity contribution in [3.05, 3.63) is 30.3 Å². The topological polar surface area (TPSA) is 149 Å². The first-order chi connectivity index (χ1) is 15.9. The Hall–Kier alpha value is -2.99. The highest BCUT2D eigenvalue weighted by atomic mass is 32.2. The first-order valence-corrected chi connectivity index (χ1v) is 12.1. The lowest BCUT2D eigenvalue weighted by Gasteiger charge is -2.44. The van der Waals surface area contributed by atoms with Crippen LogP contribution in [-0.4, -0.2) is 75.2 Å². The molecule has 0 spiro atoms. The second kappa shape index (κ2) is 11.9. The fourth-order valence-electron chi connectivity index (χ4n) is 3.57. The van der Waals surface area contributed by atoms with E-state index in [1.165, 1.54) is 19.1 Å². The normalized spacial score (nSPS) is 24.5. The van der Waals surface area contributed by atoms with Gasteiger partial charge >= 0.3 is 23.9 Å². The van der Waals surface area contributed by atoms with Gasteiger partial charge in [-0.25, -0.2) is 8.42 Å². The van der Waals surface area contributed by atoms with Crippen molar-refractivity contribution in [3.63, 3.8) is 0 Å². The molecule has 34 heavy (non-hydrogen) atoms. The Morgan fingerprint density at radius 2 is 1.26 bits per heavy atom. The van der Waals surface area contributed by atoms with Crippen LogP contribution in [0.5, 0.6) is 0 Å². The number of hydrogen-bond acceptors (Lipinski definition) is 11. The minimum atomic E-state index is -3.73. The van der Waals surface area contributed by atoms with Crippen LogP contribution in [0, 0.1) is 0 Å². The predicted octanol–water partition coefficient (Wildman–Crippen LogP) is 0.976. The molecule has 1 aromatic rings. The van der Waals surface area contributed by atoms with Gasteiger partial charge in [0.25, 0.3) is 0 Å². The van der Waals surface area contributed by atoms with E-state index in [9.17, 15) is 27.6 Å². The largest absolute Gasteiger partial charge is 0.463 e. The van der Waals surface area contributed by atoms with Crippen LogP contribution in [0.2, 0.25) is 0 Å². The van der Waals surface area contributed by atoms with Gasteiger partial charge in [-0.3, -0.25) is 19.2 Å². The molecule has 0 bridgehead atoms. The standard InChI is InChI=1S/C22H28O11S/c1-13(23)29-12-19-21(31-15(3)25)22(32-16(4)26)20(30-14(2)24)18(33-19)10-11-34(27,28)17-8-6-5-7-9-17/h5-9,18-22H,10-12H2,1-4H3/t18-,19-,20+,21+,22-/m1/s1. The van der Waals surface area contributed by atoms with E-state index in [1.54, 1.807) is 18.2 Å². The Labute approximate surface area is 197 Å². The molecule has 2 rings (SSSR count). The summed E-state index contributed by atoms with van der Waals surface area (Å²) in [5.74, 6) is -3.28. The van der Waals surface area contributed by atoms with Gasteiger partial charge in [-0.15, -0.1) is 0 Å². The van der Waals surface area contributed by atoms with Crippen LogP contribution in [-0.2, 0) is 52.7 Å². The van der Waals surface area contributed by atoms with Gasteiger partial charge in [0.2, 0.25) is 0 Å². The molecular weight excluding hydrogens is 472 g/mol. The van der Waals surface area contributed by atoms with Crippen LogP contribution >= 0.6 is 0 Å². The minimum absolute atomic E-state index is 0.0978. The molecule has 0 saturated carbocycles. The van der Waals surface area contributed by atoms with E-state index in [0.29, 0.717) is 0 Å². The van der Waals surface area contributed by atoms with Crippen molar-refractivity contribution in [2.75, 3.05) is 12.4 Å². The van der Waals surface area contributed by atoms with Gasteiger partial charge in [0.15, 0.2) is 28.1 Å². The molecule has 11 nitrogen and oxygen atoms in total. The summed E-state index contributed by atoms with van der Waals surface area (Å²) in [6.07, 6.45) is -6.26. The van der Waals surface area contributed by atoms with E-state index in [2.05, 4.69) is 0 Å². The second-order valence-electron chi connectivity index (χ2n) is 7.66. The molecule has 0 aromatic heterocycles. The fraction of sp³-hybridized carbons (Fsp3) is 0.545. The molecule has 0 amide bonds. The van der Waals surface area contributed by atoms with Crippen LogP contribution in [0.15, 0.2) is 35.2 Å². The molecule has 5 atom stereocenters. The van der Waals surface area contributed by atoms with Gasteiger partial charge in [-0.1, -0.05) is 18.2 Å². The zero-order valence-electron chi connectivity index (χ0n) is 19.3. The van der Waals surface area contributed by atoms with E-state index in [4.69, 9.17) is 23.7 Å². The molecule has 1 aromatic carbocycles. The van der Waals surface area contributed by atoms with Gasteiger partial charge in [0.1, 0.15) is 18.8 Å². The number of ether oxygens (including phenoxy) is 5. The van der Waals surface area contributed by atoms with Crippen molar-refractivity contribution in [3.8, 4) is 0 Å². The lowest BCUT2D eigenvalue weighted by molar-refractivity contribution is -0.252. The van der Waals surface area contributed by atoms with Gasteiger partial charge < -0.3 is 23.7 Å². The van der Waals surface area contributed by atoms with Gasteiger partial charge in [-0.2, -0.15) is 0 Å². The number of esters is 4. The summed E-state index contributed by atoms with van der Waals surface area (Å²) in [5, 5.41) is 0. The van der Waals surface area contributed by atoms with Gasteiger partial charge in [0, 0.05) is 27.7 Å².